The lowest BCUT2D eigenvalue weighted by Gasteiger charge is -2.26. The Morgan fingerprint density at radius 2 is 1.77 bits per heavy atom. The number of hydrogen-bond acceptors (Lipinski definition) is 7. The Morgan fingerprint density at radius 3 is 2.42 bits per heavy atom. The summed E-state index contributed by atoms with van der Waals surface area (Å²) in [6.45, 7) is 0.178. The lowest BCUT2D eigenvalue weighted by atomic mass is 9.94. The Bertz CT molecular complexity index is 971. The quantitative estimate of drug-likeness (QED) is 0.273. The molecule has 0 radical (unpaired) electrons. The van der Waals surface area contributed by atoms with Crippen molar-refractivity contribution in [3.05, 3.63) is 65.2 Å². The molecular weight excluding hydrogens is 402 g/mol. The number of aliphatic hydroxyl groups is 2. The van der Waals surface area contributed by atoms with Gasteiger partial charge in [-0.15, -0.1) is 0 Å². The smallest absolute Gasteiger partial charge is 0.295 e. The Kier molecular flexibility index (Phi) is 7.28. The number of Topliss-reactive ketones (excluding diaryl/α,β-unsaturated/α-hetero) is 1. The van der Waals surface area contributed by atoms with Gasteiger partial charge in [-0.3, -0.25) is 9.59 Å². The number of hydrogen-bond donors (Lipinski definition) is 2. The zero-order valence-electron chi connectivity index (χ0n) is 17.4. The lowest BCUT2D eigenvalue weighted by molar-refractivity contribution is -0.140. The molecule has 0 aliphatic carbocycles. The number of ketones is 1. The van der Waals surface area contributed by atoms with E-state index in [0.717, 1.165) is 0 Å². The van der Waals surface area contributed by atoms with Crippen LogP contribution < -0.4 is 9.47 Å². The summed E-state index contributed by atoms with van der Waals surface area (Å²) in [5.41, 5.74) is 0.929. The van der Waals surface area contributed by atoms with Gasteiger partial charge in [0, 0.05) is 23.7 Å². The molecule has 0 bridgehead atoms. The minimum Gasteiger partial charge on any atom is -0.507 e. The highest BCUT2D eigenvalue weighted by Crippen LogP contribution is 2.43. The van der Waals surface area contributed by atoms with Gasteiger partial charge in [-0.25, -0.2) is 0 Å². The molecule has 31 heavy (non-hydrogen) atoms. The zero-order chi connectivity index (χ0) is 22.4. The number of rotatable bonds is 9. The number of ether oxygens (including phenoxy) is 3. The third-order valence-corrected chi connectivity index (χ3v) is 5.03. The number of likely N-dealkylation sites (tertiary alicyclic amines) is 1. The Hall–Kier alpha value is -3.36. The standard InChI is InChI=1S/C23H25NO7/c1-29-16-8-9-17(18(14-16)30-2)20-19(21(26)15-6-4-3-5-7-15)22(27)23(28)24(20)10-12-31-13-11-25/h3-9,14,20,25-26H,10-13H2,1-2H3/b21-19+. The topological polar surface area (TPSA) is 106 Å². The molecule has 0 saturated carbocycles. The van der Waals surface area contributed by atoms with Crippen LogP contribution in [0.15, 0.2) is 54.1 Å². The highest BCUT2D eigenvalue weighted by molar-refractivity contribution is 6.46. The molecule has 1 aliphatic rings. The molecule has 2 N–H and O–H groups in total. The molecule has 1 atom stereocenters. The molecule has 1 amide bonds. The molecule has 3 rings (SSSR count). The Morgan fingerprint density at radius 1 is 1.03 bits per heavy atom. The highest BCUT2D eigenvalue weighted by Gasteiger charge is 2.46. The number of methoxy groups -OCH3 is 2. The summed E-state index contributed by atoms with van der Waals surface area (Å²) in [5.74, 6) is -0.835. The van der Waals surface area contributed by atoms with Crippen molar-refractivity contribution < 1.29 is 34.0 Å². The van der Waals surface area contributed by atoms with E-state index in [1.165, 1.54) is 19.1 Å². The second-order valence-electron chi connectivity index (χ2n) is 6.80. The summed E-state index contributed by atoms with van der Waals surface area (Å²) >= 11 is 0. The summed E-state index contributed by atoms with van der Waals surface area (Å²) in [5, 5.41) is 19.9. The van der Waals surface area contributed by atoms with E-state index in [1.807, 2.05) is 0 Å². The van der Waals surface area contributed by atoms with Crippen LogP contribution in [-0.4, -0.2) is 67.4 Å². The average molecular weight is 427 g/mol. The van der Waals surface area contributed by atoms with Crippen LogP contribution in [0, 0.1) is 0 Å². The fourth-order valence-corrected chi connectivity index (χ4v) is 3.56. The van der Waals surface area contributed by atoms with E-state index in [-0.39, 0.29) is 37.7 Å². The summed E-state index contributed by atoms with van der Waals surface area (Å²) in [6.07, 6.45) is 0. The summed E-state index contributed by atoms with van der Waals surface area (Å²) in [4.78, 5) is 27.2. The van der Waals surface area contributed by atoms with Gasteiger partial charge >= 0.3 is 0 Å². The van der Waals surface area contributed by atoms with E-state index in [0.29, 0.717) is 22.6 Å². The largest absolute Gasteiger partial charge is 0.507 e. The van der Waals surface area contributed by atoms with E-state index in [2.05, 4.69) is 0 Å². The van der Waals surface area contributed by atoms with E-state index in [1.54, 1.807) is 48.5 Å². The first kappa shape index (κ1) is 22.3. The first-order valence-electron chi connectivity index (χ1n) is 9.77. The minimum atomic E-state index is -0.876. The number of aliphatic hydroxyl groups excluding tert-OH is 2. The first-order valence-corrected chi connectivity index (χ1v) is 9.77. The van der Waals surface area contributed by atoms with Gasteiger partial charge in [-0.2, -0.15) is 0 Å². The van der Waals surface area contributed by atoms with Crippen LogP contribution in [0.2, 0.25) is 0 Å². The second kappa shape index (κ2) is 10.1. The van der Waals surface area contributed by atoms with Crippen molar-refractivity contribution in [2.45, 2.75) is 6.04 Å². The third kappa shape index (κ3) is 4.55. The highest BCUT2D eigenvalue weighted by atomic mass is 16.5. The number of amides is 1. The van der Waals surface area contributed by atoms with Crippen LogP contribution >= 0.6 is 0 Å². The molecule has 164 valence electrons. The van der Waals surface area contributed by atoms with Gasteiger partial charge in [0.1, 0.15) is 17.3 Å². The second-order valence-corrected chi connectivity index (χ2v) is 6.80. The molecule has 1 saturated heterocycles. The van der Waals surface area contributed by atoms with Gasteiger partial charge in [0.25, 0.3) is 11.7 Å². The van der Waals surface area contributed by atoms with Crippen LogP contribution in [0.25, 0.3) is 5.76 Å². The predicted molar refractivity (Wildman–Crippen MR) is 113 cm³/mol. The first-order chi connectivity index (χ1) is 15.0. The fraction of sp³-hybridized carbons (Fsp3) is 0.304. The summed E-state index contributed by atoms with van der Waals surface area (Å²) in [7, 11) is 3.00. The van der Waals surface area contributed by atoms with Crippen molar-refractivity contribution >= 4 is 17.4 Å². The maximum Gasteiger partial charge on any atom is 0.295 e. The van der Waals surface area contributed by atoms with Crippen LogP contribution in [0.4, 0.5) is 0 Å². The van der Waals surface area contributed by atoms with Crippen molar-refractivity contribution in [2.75, 3.05) is 40.6 Å². The number of carbonyl (C=O) groups excluding carboxylic acids is 2. The van der Waals surface area contributed by atoms with Gasteiger partial charge in [0.15, 0.2) is 0 Å². The summed E-state index contributed by atoms with van der Waals surface area (Å²) < 4.78 is 16.0. The normalized spacial score (nSPS) is 17.8. The van der Waals surface area contributed by atoms with Crippen molar-refractivity contribution in [3.63, 3.8) is 0 Å². The van der Waals surface area contributed by atoms with Gasteiger partial charge in [-0.05, 0) is 12.1 Å². The van der Waals surface area contributed by atoms with Gasteiger partial charge in [-0.1, -0.05) is 30.3 Å². The molecule has 8 heteroatoms. The molecule has 0 aromatic heterocycles. The van der Waals surface area contributed by atoms with E-state index < -0.39 is 17.7 Å². The van der Waals surface area contributed by atoms with Gasteiger partial charge < -0.3 is 29.3 Å². The Balaban J connectivity index is 2.13. The monoisotopic (exact) mass is 427 g/mol. The molecule has 2 aromatic rings. The summed E-state index contributed by atoms with van der Waals surface area (Å²) in [6, 6.07) is 12.8. The van der Waals surface area contributed by atoms with E-state index in [9.17, 15) is 14.7 Å². The molecule has 1 aliphatic heterocycles. The molecule has 0 spiro atoms. The predicted octanol–water partition coefficient (Wildman–Crippen LogP) is 2.13. The van der Waals surface area contributed by atoms with Crippen molar-refractivity contribution in [3.8, 4) is 11.5 Å². The maximum absolute atomic E-state index is 13.0. The van der Waals surface area contributed by atoms with Crippen molar-refractivity contribution in [2.24, 2.45) is 0 Å². The van der Waals surface area contributed by atoms with Crippen molar-refractivity contribution in [1.82, 2.24) is 4.90 Å². The van der Waals surface area contributed by atoms with Crippen LogP contribution in [0.3, 0.4) is 0 Å². The van der Waals surface area contributed by atoms with Gasteiger partial charge in [0.05, 0.1) is 45.7 Å². The molecule has 2 aromatic carbocycles. The van der Waals surface area contributed by atoms with Crippen LogP contribution in [0.5, 0.6) is 11.5 Å². The molecule has 1 fully saturated rings. The zero-order valence-corrected chi connectivity index (χ0v) is 17.4. The van der Waals surface area contributed by atoms with Gasteiger partial charge in [0.2, 0.25) is 0 Å². The third-order valence-electron chi connectivity index (χ3n) is 5.03. The lowest BCUT2D eigenvalue weighted by Crippen LogP contribution is -2.33. The van der Waals surface area contributed by atoms with Crippen molar-refractivity contribution in [1.29, 1.82) is 0 Å². The maximum atomic E-state index is 13.0. The van der Waals surface area contributed by atoms with E-state index >= 15 is 0 Å². The number of benzene rings is 2. The number of carbonyl (C=O) groups is 2. The van der Waals surface area contributed by atoms with E-state index in [4.69, 9.17) is 19.3 Å². The molecular formula is C23H25NO7. The molecule has 1 unspecified atom stereocenters. The molecule has 8 nitrogen and oxygen atoms in total. The average Bonchev–Trinajstić information content (AvgIpc) is 3.06. The minimum absolute atomic E-state index is 0.0261. The fourth-order valence-electron chi connectivity index (χ4n) is 3.56. The van der Waals surface area contributed by atoms with Crippen LogP contribution in [-0.2, 0) is 14.3 Å². The number of nitrogens with zero attached hydrogens (tertiary/aromatic N) is 1. The van der Waals surface area contributed by atoms with Crippen LogP contribution in [0.1, 0.15) is 17.2 Å². The Labute approximate surface area is 180 Å². The SMILES string of the molecule is COc1ccc(C2/C(=C(\O)c3ccccc3)C(=O)C(=O)N2CCOCCO)c(OC)c1. The molecule has 1 heterocycles.